The predicted molar refractivity (Wildman–Crippen MR) is 120 cm³/mol. The van der Waals surface area contributed by atoms with Gasteiger partial charge in [-0.2, -0.15) is 0 Å². The van der Waals surface area contributed by atoms with Gasteiger partial charge < -0.3 is 15.5 Å². The summed E-state index contributed by atoms with van der Waals surface area (Å²) in [6, 6.07) is 16.1. The number of carbonyl (C=O) groups is 2. The summed E-state index contributed by atoms with van der Waals surface area (Å²) in [6.07, 6.45) is 2.02. The maximum Gasteiger partial charge on any atom is 0.321 e. The van der Waals surface area contributed by atoms with Crippen LogP contribution >= 0.6 is 0 Å². The van der Waals surface area contributed by atoms with E-state index in [4.69, 9.17) is 0 Å². The Morgan fingerprint density at radius 1 is 1.13 bits per heavy atom. The molecule has 6 heteroatoms. The van der Waals surface area contributed by atoms with E-state index in [9.17, 15) is 9.59 Å². The normalized spacial score (nSPS) is 19.2. The van der Waals surface area contributed by atoms with E-state index >= 15 is 0 Å². The minimum absolute atomic E-state index is 0.0260. The molecule has 0 aliphatic carbocycles. The highest BCUT2D eigenvalue weighted by Crippen LogP contribution is 2.23. The van der Waals surface area contributed by atoms with Crippen molar-refractivity contribution in [2.45, 2.75) is 38.6 Å². The summed E-state index contributed by atoms with van der Waals surface area (Å²) in [4.78, 5) is 28.7. The van der Waals surface area contributed by atoms with E-state index < -0.39 is 0 Å². The summed E-state index contributed by atoms with van der Waals surface area (Å²) >= 11 is 0. The number of nitrogens with zero attached hydrogens (tertiary/aromatic N) is 2. The molecule has 0 bridgehead atoms. The van der Waals surface area contributed by atoms with Crippen LogP contribution in [0.2, 0.25) is 0 Å². The fourth-order valence-electron chi connectivity index (χ4n) is 4.19. The zero-order valence-electron chi connectivity index (χ0n) is 17.7. The number of rotatable bonds is 5. The van der Waals surface area contributed by atoms with Gasteiger partial charge in [-0.3, -0.25) is 9.69 Å². The van der Waals surface area contributed by atoms with Crippen molar-refractivity contribution < 1.29 is 9.59 Å². The van der Waals surface area contributed by atoms with Gasteiger partial charge in [0.15, 0.2) is 0 Å². The van der Waals surface area contributed by atoms with Gasteiger partial charge >= 0.3 is 6.03 Å². The molecule has 6 nitrogen and oxygen atoms in total. The molecule has 0 aromatic heterocycles. The highest BCUT2D eigenvalue weighted by atomic mass is 16.2. The van der Waals surface area contributed by atoms with Crippen LogP contribution in [-0.4, -0.2) is 49.1 Å². The van der Waals surface area contributed by atoms with Gasteiger partial charge in [-0.25, -0.2) is 4.79 Å². The fraction of sp³-hybridized carbons (Fsp3) is 0.417. The number of piperidine rings is 1. The van der Waals surface area contributed by atoms with Gasteiger partial charge in [-0.05, 0) is 54.7 Å². The number of urea groups is 1. The highest BCUT2D eigenvalue weighted by Gasteiger charge is 2.26. The number of hydrogen-bond acceptors (Lipinski definition) is 3. The molecule has 30 heavy (non-hydrogen) atoms. The van der Waals surface area contributed by atoms with Crippen LogP contribution in [0, 0.1) is 0 Å². The average Bonchev–Trinajstić information content (AvgIpc) is 3.20. The smallest absolute Gasteiger partial charge is 0.321 e. The van der Waals surface area contributed by atoms with Crippen molar-refractivity contribution in [3.05, 3.63) is 59.7 Å². The Morgan fingerprint density at radius 2 is 1.93 bits per heavy atom. The Morgan fingerprint density at radius 3 is 2.63 bits per heavy atom. The minimum atomic E-state index is -0.106. The van der Waals surface area contributed by atoms with E-state index in [0.717, 1.165) is 30.8 Å². The largest absolute Gasteiger partial charge is 0.381 e. The molecule has 2 heterocycles. The summed E-state index contributed by atoms with van der Waals surface area (Å²) < 4.78 is 0. The molecule has 0 radical (unpaired) electrons. The van der Waals surface area contributed by atoms with Crippen LogP contribution in [0.1, 0.15) is 48.5 Å². The van der Waals surface area contributed by atoms with Gasteiger partial charge in [0.25, 0.3) is 5.91 Å². The Bertz CT molecular complexity index is 910. The lowest BCUT2D eigenvalue weighted by atomic mass is 10.0. The third kappa shape index (κ3) is 4.42. The molecule has 2 fully saturated rings. The molecular weight excluding hydrogens is 376 g/mol. The van der Waals surface area contributed by atoms with E-state index in [1.54, 1.807) is 4.90 Å². The lowest BCUT2D eigenvalue weighted by molar-refractivity contribution is 0.0715. The number of amides is 3. The summed E-state index contributed by atoms with van der Waals surface area (Å²) in [7, 11) is 0. The molecule has 2 aromatic carbocycles. The summed E-state index contributed by atoms with van der Waals surface area (Å²) in [5, 5.41) is 6.39. The average molecular weight is 407 g/mol. The SMILES string of the molecule is CC(C)c1ccc(N[C@@H]2CCCN(C(=O)c3cccc(N4CCNC4=O)c3)C2)cc1. The zero-order chi connectivity index (χ0) is 21.1. The van der Waals surface area contributed by atoms with Gasteiger partial charge in [0.05, 0.1) is 0 Å². The molecule has 2 aliphatic heterocycles. The van der Waals surface area contributed by atoms with Crippen LogP contribution in [0.15, 0.2) is 48.5 Å². The number of benzene rings is 2. The summed E-state index contributed by atoms with van der Waals surface area (Å²) in [6.45, 7) is 7.09. The van der Waals surface area contributed by atoms with Crippen LogP contribution in [0.3, 0.4) is 0 Å². The van der Waals surface area contributed by atoms with Crippen molar-refractivity contribution in [2.75, 3.05) is 36.4 Å². The number of anilines is 2. The first kappa shape index (κ1) is 20.3. The second-order valence-corrected chi connectivity index (χ2v) is 8.45. The number of likely N-dealkylation sites (tertiary alicyclic amines) is 1. The first-order chi connectivity index (χ1) is 14.5. The molecule has 2 N–H and O–H groups in total. The third-order valence-corrected chi connectivity index (χ3v) is 5.92. The summed E-state index contributed by atoms with van der Waals surface area (Å²) in [5.74, 6) is 0.544. The molecule has 1 atom stereocenters. The maximum absolute atomic E-state index is 13.1. The molecule has 2 aromatic rings. The Labute approximate surface area is 178 Å². The molecule has 4 rings (SSSR count). The summed E-state index contributed by atoms with van der Waals surface area (Å²) in [5.41, 5.74) is 3.83. The van der Waals surface area contributed by atoms with Crippen LogP contribution in [-0.2, 0) is 0 Å². The molecule has 0 unspecified atom stereocenters. The first-order valence-electron chi connectivity index (χ1n) is 10.8. The van der Waals surface area contributed by atoms with Crippen molar-refractivity contribution in [3.63, 3.8) is 0 Å². The van der Waals surface area contributed by atoms with Crippen molar-refractivity contribution >= 4 is 23.3 Å². The second-order valence-electron chi connectivity index (χ2n) is 8.45. The molecular formula is C24H30N4O2. The zero-order valence-corrected chi connectivity index (χ0v) is 17.7. The van der Waals surface area contributed by atoms with Gasteiger partial charge in [0.2, 0.25) is 0 Å². The van der Waals surface area contributed by atoms with E-state index in [0.29, 0.717) is 31.1 Å². The first-order valence-corrected chi connectivity index (χ1v) is 10.8. The van der Waals surface area contributed by atoms with Crippen LogP contribution < -0.4 is 15.5 Å². The minimum Gasteiger partial charge on any atom is -0.381 e. The number of hydrogen-bond donors (Lipinski definition) is 2. The molecule has 2 saturated heterocycles. The fourth-order valence-corrected chi connectivity index (χ4v) is 4.19. The number of carbonyl (C=O) groups excluding carboxylic acids is 2. The van der Waals surface area contributed by atoms with Crippen molar-refractivity contribution in [2.24, 2.45) is 0 Å². The van der Waals surface area contributed by atoms with Crippen molar-refractivity contribution in [1.29, 1.82) is 0 Å². The molecule has 3 amide bonds. The van der Waals surface area contributed by atoms with Gasteiger partial charge in [0.1, 0.15) is 0 Å². The van der Waals surface area contributed by atoms with Crippen LogP contribution in [0.25, 0.3) is 0 Å². The number of nitrogens with one attached hydrogen (secondary N) is 2. The molecule has 0 spiro atoms. The maximum atomic E-state index is 13.1. The molecule has 158 valence electrons. The highest BCUT2D eigenvalue weighted by molar-refractivity contribution is 5.98. The van der Waals surface area contributed by atoms with Crippen molar-refractivity contribution in [1.82, 2.24) is 10.2 Å². The molecule has 2 aliphatic rings. The molecule has 0 saturated carbocycles. The van der Waals surface area contributed by atoms with E-state index in [-0.39, 0.29) is 18.0 Å². The topological polar surface area (TPSA) is 64.7 Å². The van der Waals surface area contributed by atoms with Crippen molar-refractivity contribution in [3.8, 4) is 0 Å². The van der Waals surface area contributed by atoms with Gasteiger partial charge in [-0.15, -0.1) is 0 Å². The monoisotopic (exact) mass is 406 g/mol. The van der Waals surface area contributed by atoms with Crippen LogP contribution in [0.5, 0.6) is 0 Å². The quantitative estimate of drug-likeness (QED) is 0.787. The lowest BCUT2D eigenvalue weighted by Crippen LogP contribution is -2.45. The van der Waals surface area contributed by atoms with Crippen LogP contribution in [0.4, 0.5) is 16.2 Å². The predicted octanol–water partition coefficient (Wildman–Crippen LogP) is 4.06. The Balaban J connectivity index is 1.41. The lowest BCUT2D eigenvalue weighted by Gasteiger charge is -2.34. The third-order valence-electron chi connectivity index (χ3n) is 5.92. The standard InChI is InChI=1S/C24H30N4O2/c1-17(2)18-8-10-20(11-9-18)26-21-6-4-13-27(16-21)23(29)19-5-3-7-22(15-19)28-14-12-25-24(28)30/h3,5,7-11,15,17,21,26H,4,6,12-14,16H2,1-2H3,(H,25,30)/t21-/m1/s1. The Kier molecular flexibility index (Phi) is 5.93. The Hall–Kier alpha value is -3.02. The van der Waals surface area contributed by atoms with E-state index in [1.807, 2.05) is 29.2 Å². The van der Waals surface area contributed by atoms with E-state index in [1.165, 1.54) is 5.56 Å². The second kappa shape index (κ2) is 8.78. The van der Waals surface area contributed by atoms with E-state index in [2.05, 4.69) is 48.7 Å². The van der Waals surface area contributed by atoms with Gasteiger partial charge in [-0.1, -0.05) is 32.0 Å². The van der Waals surface area contributed by atoms with Gasteiger partial charge in [0, 0.05) is 49.2 Å².